The van der Waals surface area contributed by atoms with Crippen molar-refractivity contribution in [3.05, 3.63) is 64.3 Å². The second kappa shape index (κ2) is 6.43. The maximum Gasteiger partial charge on any atom is 0.437 e. The minimum atomic E-state index is -0.552. The van der Waals surface area contributed by atoms with E-state index in [-0.39, 0.29) is 18.3 Å². The van der Waals surface area contributed by atoms with Gasteiger partial charge >= 0.3 is 5.76 Å². The zero-order valence-electron chi connectivity index (χ0n) is 13.6. The van der Waals surface area contributed by atoms with E-state index in [9.17, 15) is 9.59 Å². The molecule has 0 aliphatic carbocycles. The van der Waals surface area contributed by atoms with Crippen LogP contribution in [0.5, 0.6) is 0 Å². The second-order valence-electron chi connectivity index (χ2n) is 6.00. The quantitative estimate of drug-likeness (QED) is 0.729. The Kier molecular flexibility index (Phi) is 3.97. The minimum absolute atomic E-state index is 0.0581. The molecule has 4 rings (SSSR count). The number of carbonyl (C=O) groups is 1. The van der Waals surface area contributed by atoms with Gasteiger partial charge in [0.15, 0.2) is 5.76 Å². The van der Waals surface area contributed by atoms with Crippen LogP contribution >= 0.6 is 0 Å². The van der Waals surface area contributed by atoms with Crippen LogP contribution in [0, 0.1) is 0 Å². The highest BCUT2D eigenvalue weighted by Crippen LogP contribution is 2.16. The summed E-state index contributed by atoms with van der Waals surface area (Å²) in [6, 6.07) is 10.6. The lowest BCUT2D eigenvalue weighted by atomic mass is 10.1. The summed E-state index contributed by atoms with van der Waals surface area (Å²) in [5.74, 6) is 0.0598. The van der Waals surface area contributed by atoms with Crippen molar-refractivity contribution < 1.29 is 13.6 Å². The number of benzene rings is 1. The van der Waals surface area contributed by atoms with Crippen LogP contribution in [0.2, 0.25) is 0 Å². The third kappa shape index (κ3) is 3.13. The number of likely N-dealkylation sites (tertiary alicyclic amines) is 1. The molecule has 128 valence electrons. The molecule has 7 heteroatoms. The van der Waals surface area contributed by atoms with Gasteiger partial charge in [0.2, 0.25) is 0 Å². The molecule has 25 heavy (non-hydrogen) atoms. The molecule has 0 N–H and O–H groups in total. The smallest absolute Gasteiger partial charge is 0.437 e. The number of nitrogens with zero attached hydrogens (tertiary/aromatic N) is 3. The molecule has 1 saturated heterocycles. The van der Waals surface area contributed by atoms with Crippen LogP contribution in [0.15, 0.2) is 56.3 Å². The lowest BCUT2D eigenvalue weighted by Crippen LogP contribution is -2.27. The van der Waals surface area contributed by atoms with Crippen molar-refractivity contribution in [3.63, 3.8) is 0 Å². The Hall–Kier alpha value is -3.09. The van der Waals surface area contributed by atoms with Gasteiger partial charge in [-0.1, -0.05) is 12.1 Å². The zero-order valence-corrected chi connectivity index (χ0v) is 13.6. The molecule has 0 radical (unpaired) electrons. The van der Waals surface area contributed by atoms with E-state index in [0.29, 0.717) is 11.3 Å². The van der Waals surface area contributed by atoms with Gasteiger partial charge in [0, 0.05) is 18.7 Å². The van der Waals surface area contributed by atoms with Crippen molar-refractivity contribution in [1.82, 2.24) is 14.7 Å². The molecule has 3 aromatic rings. The fourth-order valence-corrected chi connectivity index (χ4v) is 2.93. The molecule has 1 aliphatic heterocycles. The molecule has 1 fully saturated rings. The Labute approximate surface area is 143 Å². The summed E-state index contributed by atoms with van der Waals surface area (Å²) in [6.45, 7) is 1.91. The van der Waals surface area contributed by atoms with Crippen LogP contribution in [-0.2, 0) is 6.54 Å². The maximum atomic E-state index is 12.3. The largest absolute Gasteiger partial charge is 0.459 e. The number of amides is 1. The first kappa shape index (κ1) is 15.4. The topological polar surface area (TPSA) is 81.5 Å². The lowest BCUT2D eigenvalue weighted by molar-refractivity contribution is 0.0793. The number of rotatable bonds is 4. The molecule has 1 aliphatic rings. The average molecular weight is 339 g/mol. The SMILES string of the molecule is O=C(c1ccc(Cn2nc(-c3ccco3)oc2=O)cc1)N1CCCC1. The molecule has 2 aromatic heterocycles. The van der Waals surface area contributed by atoms with Gasteiger partial charge in [0.1, 0.15) is 0 Å². The van der Waals surface area contributed by atoms with Crippen LogP contribution in [-0.4, -0.2) is 33.7 Å². The van der Waals surface area contributed by atoms with Gasteiger partial charge < -0.3 is 13.7 Å². The summed E-state index contributed by atoms with van der Waals surface area (Å²) in [5.41, 5.74) is 1.52. The molecule has 3 heterocycles. The van der Waals surface area contributed by atoms with Gasteiger partial charge in [-0.05, 0) is 42.7 Å². The summed E-state index contributed by atoms with van der Waals surface area (Å²) in [5, 5.41) is 4.14. The molecule has 1 amide bonds. The van der Waals surface area contributed by atoms with E-state index in [2.05, 4.69) is 5.10 Å². The molecular formula is C18H17N3O4. The molecule has 0 unspecified atom stereocenters. The molecule has 7 nitrogen and oxygen atoms in total. The van der Waals surface area contributed by atoms with E-state index in [1.807, 2.05) is 17.0 Å². The number of carbonyl (C=O) groups excluding carboxylic acids is 1. The van der Waals surface area contributed by atoms with Crippen molar-refractivity contribution in [2.75, 3.05) is 13.1 Å². The predicted octanol–water partition coefficient (Wildman–Crippen LogP) is 2.38. The molecule has 0 spiro atoms. The summed E-state index contributed by atoms with van der Waals surface area (Å²) >= 11 is 0. The van der Waals surface area contributed by atoms with Crippen LogP contribution in [0.4, 0.5) is 0 Å². The predicted molar refractivity (Wildman–Crippen MR) is 89.1 cm³/mol. The Balaban J connectivity index is 1.50. The molecular weight excluding hydrogens is 322 g/mol. The lowest BCUT2D eigenvalue weighted by Gasteiger charge is -2.15. The highest BCUT2D eigenvalue weighted by molar-refractivity contribution is 5.94. The first-order chi connectivity index (χ1) is 12.2. The Morgan fingerprint density at radius 1 is 1.12 bits per heavy atom. The Morgan fingerprint density at radius 3 is 2.56 bits per heavy atom. The van der Waals surface area contributed by atoms with Crippen molar-refractivity contribution >= 4 is 5.91 Å². The summed E-state index contributed by atoms with van der Waals surface area (Å²) in [7, 11) is 0. The summed E-state index contributed by atoms with van der Waals surface area (Å²) < 4.78 is 11.5. The van der Waals surface area contributed by atoms with Crippen LogP contribution in [0.1, 0.15) is 28.8 Å². The Morgan fingerprint density at radius 2 is 1.88 bits per heavy atom. The first-order valence-electron chi connectivity index (χ1n) is 8.21. The van der Waals surface area contributed by atoms with Crippen molar-refractivity contribution in [2.45, 2.75) is 19.4 Å². The highest BCUT2D eigenvalue weighted by Gasteiger charge is 2.19. The van der Waals surface area contributed by atoms with Crippen molar-refractivity contribution in [1.29, 1.82) is 0 Å². The number of hydrogen-bond acceptors (Lipinski definition) is 5. The highest BCUT2D eigenvalue weighted by atomic mass is 16.4. The minimum Gasteiger partial charge on any atom is -0.459 e. The molecule has 0 bridgehead atoms. The average Bonchev–Trinajstić information content (AvgIpc) is 3.38. The molecule has 0 saturated carbocycles. The number of furan rings is 1. The standard InChI is InChI=1S/C18H17N3O4/c22-17(20-9-1-2-10-20)14-7-5-13(6-8-14)12-21-18(23)25-16(19-21)15-4-3-11-24-15/h3-8,11H,1-2,9-10,12H2. The summed E-state index contributed by atoms with van der Waals surface area (Å²) in [4.78, 5) is 26.1. The van der Waals surface area contributed by atoms with Crippen molar-refractivity contribution in [2.24, 2.45) is 0 Å². The summed E-state index contributed by atoms with van der Waals surface area (Å²) in [6.07, 6.45) is 3.62. The van der Waals surface area contributed by atoms with Crippen LogP contribution in [0.25, 0.3) is 11.7 Å². The van der Waals surface area contributed by atoms with Gasteiger partial charge in [0.05, 0.1) is 12.8 Å². The third-order valence-corrected chi connectivity index (χ3v) is 4.26. The van der Waals surface area contributed by atoms with E-state index >= 15 is 0 Å². The normalized spacial score (nSPS) is 14.2. The molecule has 1 aromatic carbocycles. The maximum absolute atomic E-state index is 12.3. The molecule has 0 atom stereocenters. The van der Waals surface area contributed by atoms with E-state index < -0.39 is 5.76 Å². The van der Waals surface area contributed by atoms with Crippen molar-refractivity contribution in [3.8, 4) is 11.7 Å². The van der Waals surface area contributed by atoms with Gasteiger partial charge in [-0.2, -0.15) is 4.68 Å². The van der Waals surface area contributed by atoms with Gasteiger partial charge in [-0.25, -0.2) is 4.79 Å². The second-order valence-corrected chi connectivity index (χ2v) is 6.00. The zero-order chi connectivity index (χ0) is 17.2. The van der Waals surface area contributed by atoms with Crippen LogP contribution < -0.4 is 5.76 Å². The monoisotopic (exact) mass is 339 g/mol. The third-order valence-electron chi connectivity index (χ3n) is 4.26. The van der Waals surface area contributed by atoms with E-state index in [1.54, 1.807) is 24.3 Å². The van der Waals surface area contributed by atoms with E-state index in [1.165, 1.54) is 10.9 Å². The van der Waals surface area contributed by atoms with Gasteiger partial charge in [-0.3, -0.25) is 4.79 Å². The fraction of sp³-hybridized carbons (Fsp3) is 0.278. The van der Waals surface area contributed by atoms with E-state index in [4.69, 9.17) is 8.83 Å². The van der Waals surface area contributed by atoms with Gasteiger partial charge in [0.25, 0.3) is 11.8 Å². The fourth-order valence-electron chi connectivity index (χ4n) is 2.93. The number of aromatic nitrogens is 2. The van der Waals surface area contributed by atoms with Gasteiger partial charge in [-0.15, -0.1) is 5.10 Å². The van der Waals surface area contributed by atoms with E-state index in [0.717, 1.165) is 31.5 Å². The van der Waals surface area contributed by atoms with Crippen LogP contribution in [0.3, 0.4) is 0 Å². The first-order valence-corrected chi connectivity index (χ1v) is 8.21. The number of hydrogen-bond donors (Lipinski definition) is 0. The Bertz CT molecular complexity index is 916.